The quantitative estimate of drug-likeness (QED) is 0.714. The Balaban J connectivity index is 2.84. The molecule has 5 heteroatoms. The highest BCUT2D eigenvalue weighted by Crippen LogP contribution is 2.30. The van der Waals surface area contributed by atoms with Gasteiger partial charge in [-0.15, -0.1) is 0 Å². The van der Waals surface area contributed by atoms with Gasteiger partial charge in [-0.25, -0.2) is 4.39 Å². The molecule has 1 atom stereocenters. The monoisotopic (exact) mass is 224 g/mol. The van der Waals surface area contributed by atoms with Crippen LogP contribution in [0.4, 0.5) is 13.2 Å². The topological polar surface area (TPSA) is 9.23 Å². The van der Waals surface area contributed by atoms with E-state index in [-0.39, 0.29) is 5.75 Å². The van der Waals surface area contributed by atoms with E-state index in [0.717, 1.165) is 0 Å². The van der Waals surface area contributed by atoms with E-state index in [1.54, 1.807) is 19.1 Å². The first kappa shape index (κ1) is 11.2. The van der Waals surface area contributed by atoms with Crippen LogP contribution in [0.15, 0.2) is 24.3 Å². The molecule has 1 aromatic carbocycles. The molecule has 0 radical (unpaired) electrons. The van der Waals surface area contributed by atoms with Crippen LogP contribution in [0.5, 0.6) is 5.75 Å². The highest BCUT2D eigenvalue weighted by atomic mass is 35.5. The molecule has 0 amide bonds. The molecular formula is C9H8ClF3O. The van der Waals surface area contributed by atoms with Crippen LogP contribution in [0.3, 0.4) is 0 Å². The van der Waals surface area contributed by atoms with E-state index >= 15 is 0 Å². The van der Waals surface area contributed by atoms with E-state index in [4.69, 9.17) is 0 Å². The van der Waals surface area contributed by atoms with Gasteiger partial charge in [-0.3, -0.25) is 0 Å². The lowest BCUT2D eigenvalue weighted by Crippen LogP contribution is -2.33. The molecule has 1 rings (SSSR count). The molecule has 0 fully saturated rings. The summed E-state index contributed by atoms with van der Waals surface area (Å²) in [5.41, 5.74) is -2.37. The second-order valence-corrected chi connectivity index (χ2v) is 3.11. The molecule has 0 spiro atoms. The maximum Gasteiger partial charge on any atom is 0.444 e. The van der Waals surface area contributed by atoms with Gasteiger partial charge in [-0.2, -0.15) is 8.78 Å². The van der Waals surface area contributed by atoms with Crippen LogP contribution in [-0.4, -0.2) is 11.7 Å². The van der Waals surface area contributed by atoms with Crippen molar-refractivity contribution in [3.8, 4) is 5.75 Å². The fraction of sp³-hybridized carbons (Fsp3) is 0.333. The summed E-state index contributed by atoms with van der Waals surface area (Å²) < 4.78 is 41.7. The number of ether oxygens (including phenoxy) is 1. The summed E-state index contributed by atoms with van der Waals surface area (Å²) in [5.74, 6) is -0.0826. The standard InChI is InChI=1S/C9H8ClF3O/c1-6-4-2-3-5-7(6)14-9(12,13)8(10)11/h2-5,8H,1H3. The lowest BCUT2D eigenvalue weighted by Gasteiger charge is -2.18. The Kier molecular flexibility index (Phi) is 3.26. The molecule has 0 heterocycles. The first-order valence-electron chi connectivity index (χ1n) is 3.84. The maximum atomic E-state index is 12.7. The van der Waals surface area contributed by atoms with Gasteiger partial charge in [0.05, 0.1) is 0 Å². The second kappa shape index (κ2) is 4.09. The molecule has 0 aliphatic rings. The van der Waals surface area contributed by atoms with Gasteiger partial charge in [0.25, 0.3) is 5.63 Å². The SMILES string of the molecule is Cc1ccccc1OC(F)(F)C(F)Cl. The Labute approximate surface area is 84.4 Å². The van der Waals surface area contributed by atoms with Gasteiger partial charge in [0.1, 0.15) is 5.75 Å². The zero-order valence-corrected chi connectivity index (χ0v) is 8.06. The van der Waals surface area contributed by atoms with Crippen LogP contribution in [0.25, 0.3) is 0 Å². The van der Waals surface area contributed by atoms with Crippen LogP contribution < -0.4 is 4.74 Å². The smallest absolute Gasteiger partial charge is 0.429 e. The molecular weight excluding hydrogens is 217 g/mol. The van der Waals surface area contributed by atoms with Crippen molar-refractivity contribution in [2.75, 3.05) is 0 Å². The number of rotatable bonds is 3. The second-order valence-electron chi connectivity index (χ2n) is 2.73. The molecule has 0 N–H and O–H groups in total. The minimum Gasteiger partial charge on any atom is -0.429 e. The average molecular weight is 225 g/mol. The molecule has 78 valence electrons. The molecule has 1 aromatic rings. The summed E-state index contributed by atoms with van der Waals surface area (Å²) in [5, 5.41) is 0. The lowest BCUT2D eigenvalue weighted by molar-refractivity contribution is -0.199. The van der Waals surface area contributed by atoms with Crippen LogP contribution in [-0.2, 0) is 0 Å². The Hall–Kier alpha value is -0.900. The molecule has 1 unspecified atom stereocenters. The van der Waals surface area contributed by atoms with E-state index in [2.05, 4.69) is 16.3 Å². The fourth-order valence-electron chi connectivity index (χ4n) is 0.862. The van der Waals surface area contributed by atoms with E-state index in [9.17, 15) is 13.2 Å². The summed E-state index contributed by atoms with van der Waals surface area (Å²) >= 11 is 4.63. The fourth-order valence-corrected chi connectivity index (χ4v) is 0.907. The molecule has 1 nitrogen and oxygen atoms in total. The van der Waals surface area contributed by atoms with E-state index in [1.807, 2.05) is 0 Å². The molecule has 0 saturated heterocycles. The van der Waals surface area contributed by atoms with Gasteiger partial charge in [0, 0.05) is 0 Å². The number of hydrogen-bond donors (Lipinski definition) is 0. The third-order valence-corrected chi connectivity index (χ3v) is 1.85. The number of halogens is 4. The van der Waals surface area contributed by atoms with Crippen LogP contribution in [0, 0.1) is 6.92 Å². The van der Waals surface area contributed by atoms with Gasteiger partial charge >= 0.3 is 6.11 Å². The average Bonchev–Trinajstić information content (AvgIpc) is 2.08. The summed E-state index contributed by atoms with van der Waals surface area (Å²) in [6.45, 7) is 1.58. The number of para-hydroxylation sites is 1. The Morgan fingerprint density at radius 2 is 1.93 bits per heavy atom. The molecule has 0 bridgehead atoms. The van der Waals surface area contributed by atoms with Crippen molar-refractivity contribution >= 4 is 11.6 Å². The molecule has 0 saturated carbocycles. The predicted molar refractivity (Wildman–Crippen MR) is 47.5 cm³/mol. The van der Waals surface area contributed by atoms with Crippen molar-refractivity contribution < 1.29 is 17.9 Å². The van der Waals surface area contributed by atoms with Gasteiger partial charge in [-0.1, -0.05) is 29.8 Å². The number of aryl methyl sites for hydroxylation is 1. The van der Waals surface area contributed by atoms with E-state index in [0.29, 0.717) is 5.56 Å². The van der Waals surface area contributed by atoms with E-state index in [1.165, 1.54) is 12.1 Å². The first-order valence-corrected chi connectivity index (χ1v) is 4.28. The summed E-state index contributed by atoms with van der Waals surface area (Å²) in [6.07, 6.45) is -4.01. The number of hydrogen-bond acceptors (Lipinski definition) is 1. The zero-order chi connectivity index (χ0) is 10.8. The van der Waals surface area contributed by atoms with Crippen LogP contribution >= 0.6 is 11.6 Å². The third-order valence-electron chi connectivity index (χ3n) is 1.59. The molecule has 0 aliphatic carbocycles. The summed E-state index contributed by atoms with van der Waals surface area (Å²) in [7, 11) is 0. The Bertz CT molecular complexity index is 315. The zero-order valence-electron chi connectivity index (χ0n) is 7.31. The Morgan fingerprint density at radius 1 is 1.36 bits per heavy atom. The van der Waals surface area contributed by atoms with Gasteiger partial charge in [0.15, 0.2) is 0 Å². The van der Waals surface area contributed by atoms with Crippen LogP contribution in [0.2, 0.25) is 0 Å². The first-order chi connectivity index (χ1) is 6.43. The van der Waals surface area contributed by atoms with Gasteiger partial charge in [0.2, 0.25) is 0 Å². The Morgan fingerprint density at radius 3 is 2.43 bits per heavy atom. The normalized spacial score (nSPS) is 13.8. The third kappa shape index (κ3) is 2.54. The van der Waals surface area contributed by atoms with Gasteiger partial charge < -0.3 is 4.74 Å². The summed E-state index contributed by atoms with van der Waals surface area (Å²) in [6, 6.07) is 6.07. The summed E-state index contributed by atoms with van der Waals surface area (Å²) in [4.78, 5) is 0. The van der Waals surface area contributed by atoms with Crippen molar-refractivity contribution in [3.63, 3.8) is 0 Å². The number of alkyl halides is 4. The van der Waals surface area contributed by atoms with Gasteiger partial charge in [-0.05, 0) is 18.6 Å². The van der Waals surface area contributed by atoms with Crippen molar-refractivity contribution in [2.45, 2.75) is 18.7 Å². The molecule has 0 aromatic heterocycles. The van der Waals surface area contributed by atoms with Crippen molar-refractivity contribution in [3.05, 3.63) is 29.8 Å². The van der Waals surface area contributed by atoms with Crippen molar-refractivity contribution in [1.29, 1.82) is 0 Å². The highest BCUT2D eigenvalue weighted by molar-refractivity contribution is 6.20. The van der Waals surface area contributed by atoms with Crippen molar-refractivity contribution in [1.82, 2.24) is 0 Å². The lowest BCUT2D eigenvalue weighted by atomic mass is 10.2. The highest BCUT2D eigenvalue weighted by Gasteiger charge is 2.42. The molecule has 14 heavy (non-hydrogen) atoms. The minimum atomic E-state index is -4.01. The maximum absolute atomic E-state index is 12.7. The number of benzene rings is 1. The van der Waals surface area contributed by atoms with E-state index < -0.39 is 11.7 Å². The minimum absolute atomic E-state index is 0.0826. The molecule has 0 aliphatic heterocycles. The predicted octanol–water partition coefficient (Wildman–Crippen LogP) is 3.50. The van der Waals surface area contributed by atoms with Crippen LogP contribution in [0.1, 0.15) is 5.56 Å². The largest absolute Gasteiger partial charge is 0.444 e. The van der Waals surface area contributed by atoms with Crippen molar-refractivity contribution in [2.24, 2.45) is 0 Å².